The molecule has 1 atom stereocenters. The highest BCUT2D eigenvalue weighted by Crippen LogP contribution is 2.31. The van der Waals surface area contributed by atoms with Crippen LogP contribution in [0.25, 0.3) is 28.1 Å². The predicted octanol–water partition coefficient (Wildman–Crippen LogP) is 4.68. The van der Waals surface area contributed by atoms with Crippen LogP contribution >= 0.6 is 11.6 Å². The van der Waals surface area contributed by atoms with Crippen LogP contribution < -0.4 is 4.90 Å². The number of piperazine rings is 1. The molecule has 10 heteroatoms. The maximum absolute atomic E-state index is 14.3. The fourth-order valence-electron chi connectivity index (χ4n) is 4.60. The summed E-state index contributed by atoms with van der Waals surface area (Å²) in [6, 6.07) is 14.9. The van der Waals surface area contributed by atoms with Gasteiger partial charge >= 0.3 is 0 Å². The number of carbonyl (C=O) groups excluding carboxylic acids is 1. The predicted molar refractivity (Wildman–Crippen MR) is 130 cm³/mol. The van der Waals surface area contributed by atoms with Gasteiger partial charge in [-0.2, -0.15) is 0 Å². The minimum Gasteiger partial charge on any atom is -0.461 e. The first-order chi connectivity index (χ1) is 17.0. The van der Waals surface area contributed by atoms with Gasteiger partial charge in [-0.1, -0.05) is 23.7 Å². The Hall–Kier alpha value is -3.98. The van der Waals surface area contributed by atoms with Gasteiger partial charge in [0.05, 0.1) is 17.3 Å². The average molecular weight is 491 g/mol. The SMILES string of the molecule is C[C@@H]1CN(c2nc3cc(Cl)ccc3c3nnc(-c4ccco4)n23)CCN1C(=O)c1ccccc1F. The Morgan fingerprint density at radius 3 is 2.74 bits per heavy atom. The molecular formula is C25H20ClFN6O2. The lowest BCUT2D eigenvalue weighted by atomic mass is 10.1. The Morgan fingerprint density at radius 1 is 1.11 bits per heavy atom. The van der Waals surface area contributed by atoms with Crippen LogP contribution in [-0.4, -0.2) is 56.1 Å². The molecule has 1 fully saturated rings. The van der Waals surface area contributed by atoms with Gasteiger partial charge in [0.2, 0.25) is 11.8 Å². The third-order valence-corrected chi connectivity index (χ3v) is 6.54. The van der Waals surface area contributed by atoms with Gasteiger partial charge in [0.15, 0.2) is 11.4 Å². The Balaban J connectivity index is 1.42. The monoisotopic (exact) mass is 490 g/mol. The third-order valence-electron chi connectivity index (χ3n) is 6.30. The Morgan fingerprint density at radius 2 is 1.97 bits per heavy atom. The fourth-order valence-corrected chi connectivity index (χ4v) is 4.77. The molecular weight excluding hydrogens is 471 g/mol. The highest BCUT2D eigenvalue weighted by molar-refractivity contribution is 6.31. The Bertz CT molecular complexity index is 1570. The molecule has 1 amide bonds. The van der Waals surface area contributed by atoms with Crippen LogP contribution in [0.2, 0.25) is 5.02 Å². The number of rotatable bonds is 3. The van der Waals surface area contributed by atoms with Crippen molar-refractivity contribution in [1.82, 2.24) is 24.5 Å². The zero-order chi connectivity index (χ0) is 24.1. The number of carbonyl (C=O) groups is 1. The van der Waals surface area contributed by atoms with Crippen molar-refractivity contribution >= 4 is 40.0 Å². The normalized spacial score (nSPS) is 16.4. The van der Waals surface area contributed by atoms with Crippen LogP contribution in [0.1, 0.15) is 17.3 Å². The highest BCUT2D eigenvalue weighted by Gasteiger charge is 2.32. The number of amides is 1. The van der Waals surface area contributed by atoms with E-state index in [9.17, 15) is 9.18 Å². The van der Waals surface area contributed by atoms with Gasteiger partial charge in [-0.05, 0) is 49.4 Å². The number of fused-ring (bicyclic) bond motifs is 3. The average Bonchev–Trinajstić information content (AvgIpc) is 3.53. The second-order valence-electron chi connectivity index (χ2n) is 8.51. The molecule has 0 spiro atoms. The summed E-state index contributed by atoms with van der Waals surface area (Å²) in [6.45, 7) is 3.33. The molecule has 8 nitrogen and oxygen atoms in total. The zero-order valence-electron chi connectivity index (χ0n) is 18.7. The maximum Gasteiger partial charge on any atom is 0.257 e. The summed E-state index contributed by atoms with van der Waals surface area (Å²) >= 11 is 6.26. The van der Waals surface area contributed by atoms with Crippen molar-refractivity contribution in [2.75, 3.05) is 24.5 Å². The van der Waals surface area contributed by atoms with Gasteiger partial charge in [0, 0.05) is 36.1 Å². The van der Waals surface area contributed by atoms with Gasteiger partial charge in [0.1, 0.15) is 5.82 Å². The first-order valence-electron chi connectivity index (χ1n) is 11.2. The molecule has 176 valence electrons. The molecule has 1 aliphatic heterocycles. The number of hydrogen-bond acceptors (Lipinski definition) is 6. The summed E-state index contributed by atoms with van der Waals surface area (Å²) in [4.78, 5) is 21.8. The summed E-state index contributed by atoms with van der Waals surface area (Å²) in [6.07, 6.45) is 1.58. The number of aromatic nitrogens is 4. The van der Waals surface area contributed by atoms with Crippen LogP contribution in [0, 0.1) is 5.82 Å². The van der Waals surface area contributed by atoms with Gasteiger partial charge in [-0.25, -0.2) is 13.8 Å². The van der Waals surface area contributed by atoms with Crippen molar-refractivity contribution in [3.05, 3.63) is 77.3 Å². The van der Waals surface area contributed by atoms with Crippen LogP contribution in [0.15, 0.2) is 65.3 Å². The topological polar surface area (TPSA) is 79.8 Å². The number of hydrogen-bond donors (Lipinski definition) is 0. The van der Waals surface area contributed by atoms with E-state index in [1.54, 1.807) is 41.5 Å². The molecule has 0 radical (unpaired) electrons. The standard InChI is InChI=1S/C25H20ClFN6O2/c1-15-14-31(10-11-32(15)24(34)17-5-2-3-6-19(17)27)25-28-20-13-16(26)8-9-18(20)22-29-30-23(33(22)25)21-7-4-12-35-21/h2-9,12-13,15H,10-11,14H2,1H3/t15-/m1/s1. The second kappa shape index (κ2) is 8.35. The lowest BCUT2D eigenvalue weighted by Crippen LogP contribution is -2.54. The molecule has 0 aliphatic carbocycles. The molecule has 0 unspecified atom stereocenters. The number of halogens is 2. The highest BCUT2D eigenvalue weighted by atomic mass is 35.5. The Labute approximate surface area is 204 Å². The van der Waals surface area contributed by atoms with Gasteiger partial charge in [-0.15, -0.1) is 10.2 Å². The van der Waals surface area contributed by atoms with E-state index in [1.807, 2.05) is 23.5 Å². The number of anilines is 1. The second-order valence-corrected chi connectivity index (χ2v) is 8.94. The zero-order valence-corrected chi connectivity index (χ0v) is 19.5. The van der Waals surface area contributed by atoms with E-state index in [0.717, 1.165) is 5.39 Å². The van der Waals surface area contributed by atoms with Crippen LogP contribution in [-0.2, 0) is 0 Å². The summed E-state index contributed by atoms with van der Waals surface area (Å²) in [7, 11) is 0. The van der Waals surface area contributed by atoms with Crippen molar-refractivity contribution < 1.29 is 13.6 Å². The van der Waals surface area contributed by atoms with Crippen molar-refractivity contribution in [2.24, 2.45) is 0 Å². The summed E-state index contributed by atoms with van der Waals surface area (Å²) in [5.41, 5.74) is 1.40. The summed E-state index contributed by atoms with van der Waals surface area (Å²) < 4.78 is 21.7. The third kappa shape index (κ3) is 3.59. The van der Waals surface area contributed by atoms with Crippen molar-refractivity contribution in [2.45, 2.75) is 13.0 Å². The van der Waals surface area contributed by atoms with E-state index in [2.05, 4.69) is 15.1 Å². The van der Waals surface area contributed by atoms with E-state index < -0.39 is 5.82 Å². The molecule has 35 heavy (non-hydrogen) atoms. The molecule has 1 aliphatic rings. The van der Waals surface area contributed by atoms with Crippen molar-refractivity contribution in [3.8, 4) is 11.6 Å². The van der Waals surface area contributed by atoms with Crippen LogP contribution in [0.4, 0.5) is 10.3 Å². The van der Waals surface area contributed by atoms with E-state index in [4.69, 9.17) is 21.0 Å². The summed E-state index contributed by atoms with van der Waals surface area (Å²) in [5.74, 6) is 0.877. The summed E-state index contributed by atoms with van der Waals surface area (Å²) in [5, 5.41) is 10.2. The lowest BCUT2D eigenvalue weighted by molar-refractivity contribution is 0.0668. The van der Waals surface area contributed by atoms with Crippen LogP contribution in [0.5, 0.6) is 0 Å². The number of nitrogens with zero attached hydrogens (tertiary/aromatic N) is 6. The van der Waals surface area contributed by atoms with Crippen LogP contribution in [0.3, 0.4) is 0 Å². The number of benzene rings is 2. The molecule has 0 N–H and O–H groups in total. The number of furan rings is 1. The van der Waals surface area contributed by atoms with E-state index in [-0.39, 0.29) is 17.5 Å². The molecule has 0 bridgehead atoms. The van der Waals surface area contributed by atoms with E-state index in [0.29, 0.717) is 53.4 Å². The molecule has 5 aromatic rings. The molecule has 3 aromatic heterocycles. The lowest BCUT2D eigenvalue weighted by Gasteiger charge is -2.40. The van der Waals surface area contributed by atoms with Crippen molar-refractivity contribution in [1.29, 1.82) is 0 Å². The molecule has 0 saturated carbocycles. The van der Waals surface area contributed by atoms with Crippen molar-refractivity contribution in [3.63, 3.8) is 0 Å². The minimum absolute atomic E-state index is 0.0765. The van der Waals surface area contributed by atoms with Gasteiger partial charge in [-0.3, -0.25) is 4.79 Å². The molecule has 2 aromatic carbocycles. The van der Waals surface area contributed by atoms with Gasteiger partial charge < -0.3 is 14.2 Å². The largest absolute Gasteiger partial charge is 0.461 e. The van der Waals surface area contributed by atoms with Gasteiger partial charge in [0.25, 0.3) is 5.91 Å². The quantitative estimate of drug-likeness (QED) is 0.365. The first kappa shape index (κ1) is 21.5. The molecule has 1 saturated heterocycles. The molecule has 4 heterocycles. The Kier molecular flexibility index (Phi) is 5.14. The smallest absolute Gasteiger partial charge is 0.257 e. The van der Waals surface area contributed by atoms with E-state index in [1.165, 1.54) is 12.1 Å². The maximum atomic E-state index is 14.3. The first-order valence-corrected chi connectivity index (χ1v) is 11.6. The fraction of sp³-hybridized carbons (Fsp3) is 0.200. The minimum atomic E-state index is -0.519. The van der Waals surface area contributed by atoms with E-state index >= 15 is 0 Å². The molecule has 6 rings (SSSR count).